The lowest BCUT2D eigenvalue weighted by Crippen LogP contribution is -2.29. The molecule has 50 heavy (non-hydrogen) atoms. The van der Waals surface area contributed by atoms with Crippen molar-refractivity contribution in [3.8, 4) is 34.4 Å². The minimum atomic E-state index is -0.785. The first-order valence-corrected chi connectivity index (χ1v) is 16.2. The number of hydrogen-bond donors (Lipinski definition) is 1. The number of likely N-dealkylation sites (tertiary alicyclic amines) is 1. The maximum Gasteiger partial charge on any atom is 0.271 e. The molecule has 258 valence electrons. The maximum atomic E-state index is 15.4. The average molecular weight is 687 g/mol. The Balaban J connectivity index is 1.07. The van der Waals surface area contributed by atoms with Gasteiger partial charge in [0.15, 0.2) is 23.1 Å². The van der Waals surface area contributed by atoms with E-state index in [0.29, 0.717) is 65.4 Å². The Morgan fingerprint density at radius 1 is 1.04 bits per heavy atom. The van der Waals surface area contributed by atoms with Crippen LogP contribution < -0.4 is 29.8 Å². The van der Waals surface area contributed by atoms with E-state index in [-0.39, 0.29) is 29.4 Å². The molecule has 0 radical (unpaired) electrons. The van der Waals surface area contributed by atoms with Crippen LogP contribution in [0.2, 0.25) is 0 Å². The Kier molecular flexibility index (Phi) is 9.31. The van der Waals surface area contributed by atoms with Gasteiger partial charge in [-0.3, -0.25) is 19.1 Å². The molecule has 4 heterocycles. The summed E-state index contributed by atoms with van der Waals surface area (Å²) in [5.41, 5.74) is 0.731. The number of amides is 1. The Hall–Kier alpha value is -5.56. The number of fused-ring (bicyclic) bond motifs is 2. The Morgan fingerprint density at radius 2 is 1.88 bits per heavy atom. The number of rotatable bonds is 11. The van der Waals surface area contributed by atoms with Crippen molar-refractivity contribution in [2.45, 2.75) is 25.4 Å². The molecule has 10 nitrogen and oxygen atoms in total. The van der Waals surface area contributed by atoms with Crippen LogP contribution in [0.3, 0.4) is 0 Å². The van der Waals surface area contributed by atoms with Gasteiger partial charge in [0.25, 0.3) is 11.5 Å². The molecule has 0 aliphatic carbocycles. The highest BCUT2D eigenvalue weighted by Gasteiger charge is 2.27. The van der Waals surface area contributed by atoms with Crippen molar-refractivity contribution < 1.29 is 36.9 Å². The van der Waals surface area contributed by atoms with Crippen molar-refractivity contribution in [2.24, 2.45) is 0 Å². The van der Waals surface area contributed by atoms with E-state index >= 15 is 4.39 Å². The number of halogens is 3. The topological polar surface area (TPSA) is 104 Å². The van der Waals surface area contributed by atoms with Gasteiger partial charge in [0.2, 0.25) is 0 Å². The fraction of sp³-hybridized carbons (Fsp3) is 0.270. The van der Waals surface area contributed by atoms with Gasteiger partial charge in [-0.05, 0) is 61.4 Å². The molecule has 1 unspecified atom stereocenters. The first kappa shape index (κ1) is 33.0. The van der Waals surface area contributed by atoms with E-state index < -0.39 is 29.3 Å². The molecule has 1 fully saturated rings. The Labute approximate surface area is 285 Å². The number of anilines is 1. The summed E-state index contributed by atoms with van der Waals surface area (Å²) in [6.45, 7) is 2.63. The number of nitrogens with one attached hydrogen (secondary N) is 1. The lowest BCUT2D eigenvalue weighted by atomic mass is 10.1. The third-order valence-electron chi connectivity index (χ3n) is 8.67. The van der Waals surface area contributed by atoms with E-state index in [1.54, 1.807) is 24.4 Å². The minimum Gasteiger partial charge on any atom is -0.493 e. The highest BCUT2D eigenvalue weighted by molar-refractivity contribution is 6.06. The number of carbonyl (C=O) groups excluding carboxylic acids is 1. The third-order valence-corrected chi connectivity index (χ3v) is 8.67. The summed E-state index contributed by atoms with van der Waals surface area (Å²) < 4.78 is 66.8. The van der Waals surface area contributed by atoms with Gasteiger partial charge in [0, 0.05) is 72.9 Å². The molecule has 1 atom stereocenters. The second-order valence-corrected chi connectivity index (χ2v) is 12.0. The van der Waals surface area contributed by atoms with E-state index in [0.717, 1.165) is 25.6 Å². The molecule has 5 aromatic rings. The van der Waals surface area contributed by atoms with E-state index in [1.165, 1.54) is 54.3 Å². The van der Waals surface area contributed by atoms with Gasteiger partial charge in [-0.1, -0.05) is 0 Å². The molecule has 0 saturated carbocycles. The van der Waals surface area contributed by atoms with Gasteiger partial charge >= 0.3 is 0 Å². The zero-order valence-corrected chi connectivity index (χ0v) is 27.1. The Morgan fingerprint density at radius 3 is 2.64 bits per heavy atom. The molecular formula is C37H33F3N4O6. The number of hydrogen-bond acceptors (Lipinski definition) is 8. The van der Waals surface area contributed by atoms with Gasteiger partial charge in [0.1, 0.15) is 29.1 Å². The molecule has 2 aliphatic rings. The van der Waals surface area contributed by atoms with Crippen molar-refractivity contribution in [3.05, 3.63) is 106 Å². The molecule has 1 N–H and O–H groups in total. The summed E-state index contributed by atoms with van der Waals surface area (Å²) in [5, 5.41) is 3.14. The fourth-order valence-corrected chi connectivity index (χ4v) is 6.17. The van der Waals surface area contributed by atoms with Crippen LogP contribution in [0.1, 0.15) is 28.8 Å². The maximum absolute atomic E-state index is 15.4. The number of methoxy groups -OCH3 is 1. The largest absolute Gasteiger partial charge is 0.493 e. The van der Waals surface area contributed by atoms with Crippen molar-refractivity contribution in [2.75, 3.05) is 45.3 Å². The number of benzene rings is 3. The monoisotopic (exact) mass is 686 g/mol. The predicted octanol–water partition coefficient (Wildman–Crippen LogP) is 6.46. The second kappa shape index (κ2) is 14.1. The van der Waals surface area contributed by atoms with E-state index in [2.05, 4.69) is 15.2 Å². The lowest BCUT2D eigenvalue weighted by molar-refractivity contribution is 0.102. The molecule has 0 spiro atoms. The summed E-state index contributed by atoms with van der Waals surface area (Å²) in [7, 11) is 1.51. The van der Waals surface area contributed by atoms with Gasteiger partial charge in [0.05, 0.1) is 25.8 Å². The summed E-state index contributed by atoms with van der Waals surface area (Å²) in [5.74, 6) is -0.735. The van der Waals surface area contributed by atoms with Gasteiger partial charge < -0.3 is 29.2 Å². The van der Waals surface area contributed by atoms with Crippen LogP contribution in [0, 0.1) is 11.6 Å². The smallest absolute Gasteiger partial charge is 0.271 e. The molecule has 0 bridgehead atoms. The SMILES string of the molecule is COc1cc2c(Oc3ccc(NC(=O)c4c5c(cn(-c6ccc(F)cc6)c4=O)CCO5)cc3F)ccnc2cc1OCCCN1CCC(F)C1. The fourth-order valence-electron chi connectivity index (χ4n) is 6.17. The molecule has 2 aliphatic heterocycles. The number of nitrogens with zero attached hydrogens (tertiary/aromatic N) is 3. The van der Waals surface area contributed by atoms with Crippen LogP contribution in [-0.2, 0) is 6.42 Å². The van der Waals surface area contributed by atoms with Crippen LogP contribution in [0.4, 0.5) is 18.9 Å². The normalized spacial score (nSPS) is 15.5. The predicted molar refractivity (Wildman–Crippen MR) is 180 cm³/mol. The van der Waals surface area contributed by atoms with Gasteiger partial charge in [-0.15, -0.1) is 0 Å². The number of alkyl halides is 1. The summed E-state index contributed by atoms with van der Waals surface area (Å²) in [6.07, 6.45) is 4.10. The zero-order chi connectivity index (χ0) is 34.8. The summed E-state index contributed by atoms with van der Waals surface area (Å²) >= 11 is 0. The van der Waals surface area contributed by atoms with Crippen molar-refractivity contribution in [1.29, 1.82) is 0 Å². The molecule has 3 aromatic carbocycles. The van der Waals surface area contributed by atoms with Gasteiger partial charge in [-0.2, -0.15) is 0 Å². The van der Waals surface area contributed by atoms with Crippen molar-refractivity contribution in [1.82, 2.24) is 14.5 Å². The molecular weight excluding hydrogens is 653 g/mol. The quantitative estimate of drug-likeness (QED) is 0.158. The molecule has 1 amide bonds. The van der Waals surface area contributed by atoms with Crippen molar-refractivity contribution >= 4 is 22.5 Å². The highest BCUT2D eigenvalue weighted by atomic mass is 19.1. The number of aromatic nitrogens is 2. The van der Waals surface area contributed by atoms with E-state index in [9.17, 15) is 18.4 Å². The number of carbonyl (C=O) groups is 1. The van der Waals surface area contributed by atoms with E-state index in [4.69, 9.17) is 18.9 Å². The van der Waals surface area contributed by atoms with Crippen LogP contribution in [0.5, 0.6) is 28.7 Å². The average Bonchev–Trinajstić information content (AvgIpc) is 3.76. The minimum absolute atomic E-state index is 0.0838. The molecule has 2 aromatic heterocycles. The van der Waals surface area contributed by atoms with Crippen LogP contribution in [0.15, 0.2) is 77.9 Å². The van der Waals surface area contributed by atoms with Crippen LogP contribution >= 0.6 is 0 Å². The standard InChI is InChI=1S/C37H33F3N4O6/c1-47-32-18-27-29(19-33(32)48-15-2-13-43-14-10-24(39)21-43)41-12-9-30(27)50-31-8-5-25(17-28(31)40)42-36(45)34-35-22(11-16-49-35)20-44(37(34)46)26-6-3-23(38)4-7-26/h3-9,12,17-20,24H,2,10-11,13-16,21H2,1H3,(H,42,45). The first-order chi connectivity index (χ1) is 24.3. The summed E-state index contributed by atoms with van der Waals surface area (Å²) in [6, 6.07) is 14.2. The third kappa shape index (κ3) is 6.81. The second-order valence-electron chi connectivity index (χ2n) is 12.0. The van der Waals surface area contributed by atoms with Crippen molar-refractivity contribution in [3.63, 3.8) is 0 Å². The summed E-state index contributed by atoms with van der Waals surface area (Å²) in [4.78, 5) is 33.4. The van der Waals surface area contributed by atoms with Crippen LogP contribution in [-0.4, -0.2) is 66.5 Å². The van der Waals surface area contributed by atoms with Crippen LogP contribution in [0.25, 0.3) is 16.6 Å². The highest BCUT2D eigenvalue weighted by Crippen LogP contribution is 2.38. The Bertz CT molecular complexity index is 2120. The molecule has 13 heteroatoms. The van der Waals surface area contributed by atoms with E-state index in [1.807, 2.05) is 0 Å². The number of pyridine rings is 2. The first-order valence-electron chi connectivity index (χ1n) is 16.2. The lowest BCUT2D eigenvalue weighted by Gasteiger charge is -2.16. The zero-order valence-electron chi connectivity index (χ0n) is 27.1. The van der Waals surface area contributed by atoms with Gasteiger partial charge in [-0.25, -0.2) is 13.2 Å². The molecule has 7 rings (SSSR count). The number of ether oxygens (including phenoxy) is 4. The molecule has 1 saturated heterocycles.